The molecule has 0 saturated carbocycles. The van der Waals surface area contributed by atoms with Gasteiger partial charge in [0.2, 0.25) is 0 Å². The molecule has 2 rings (SSSR count). The van der Waals surface area contributed by atoms with Crippen molar-refractivity contribution in [2.75, 3.05) is 5.73 Å². The van der Waals surface area contributed by atoms with Crippen LogP contribution in [0.1, 0.15) is 42.0 Å². The molecule has 0 aliphatic rings. The van der Waals surface area contributed by atoms with Gasteiger partial charge in [-0.15, -0.1) is 0 Å². The Morgan fingerprint density at radius 2 is 1.80 bits per heavy atom. The molecule has 0 aliphatic carbocycles. The summed E-state index contributed by atoms with van der Waals surface area (Å²) in [6, 6.07) is 12.5. The van der Waals surface area contributed by atoms with Crippen molar-refractivity contribution < 1.29 is 4.74 Å². The average Bonchev–Trinajstić information content (AvgIpc) is 2.40. The third-order valence-electron chi connectivity index (χ3n) is 3.59. The molecule has 0 atom stereocenters. The maximum Gasteiger partial charge on any atom is 0.142 e. The molecule has 0 saturated heterocycles. The first-order valence-electron chi connectivity index (χ1n) is 7.05. The van der Waals surface area contributed by atoms with Crippen molar-refractivity contribution >= 4 is 5.69 Å². The second kappa shape index (κ2) is 6.00. The lowest BCUT2D eigenvalue weighted by Crippen LogP contribution is -2.01. The zero-order chi connectivity index (χ0) is 14.7. The van der Waals surface area contributed by atoms with Gasteiger partial charge in [0.05, 0.1) is 5.69 Å². The van der Waals surface area contributed by atoms with Gasteiger partial charge in [0.25, 0.3) is 0 Å². The van der Waals surface area contributed by atoms with Gasteiger partial charge in [0.1, 0.15) is 12.4 Å². The quantitative estimate of drug-likeness (QED) is 0.824. The largest absolute Gasteiger partial charge is 0.487 e. The highest BCUT2D eigenvalue weighted by Gasteiger charge is 2.06. The summed E-state index contributed by atoms with van der Waals surface area (Å²) in [5.74, 6) is 1.24. The fourth-order valence-corrected chi connectivity index (χ4v) is 2.17. The van der Waals surface area contributed by atoms with Crippen molar-refractivity contribution in [3.8, 4) is 5.75 Å². The fourth-order valence-electron chi connectivity index (χ4n) is 2.17. The van der Waals surface area contributed by atoms with Crippen LogP contribution < -0.4 is 10.5 Å². The molecule has 0 spiro atoms. The molecule has 20 heavy (non-hydrogen) atoms. The van der Waals surface area contributed by atoms with Crippen LogP contribution in [0.5, 0.6) is 5.75 Å². The van der Waals surface area contributed by atoms with Gasteiger partial charge in [-0.3, -0.25) is 0 Å². The number of nitrogens with two attached hydrogens (primary N) is 1. The Hall–Kier alpha value is -1.96. The lowest BCUT2D eigenvalue weighted by Gasteiger charge is -2.13. The lowest BCUT2D eigenvalue weighted by molar-refractivity contribution is 0.307. The molecule has 2 N–H and O–H groups in total. The Labute approximate surface area is 121 Å². The van der Waals surface area contributed by atoms with Gasteiger partial charge in [0, 0.05) is 0 Å². The van der Waals surface area contributed by atoms with Crippen LogP contribution in [0.25, 0.3) is 0 Å². The molecular formula is C18H23NO. The summed E-state index contributed by atoms with van der Waals surface area (Å²) >= 11 is 0. The third-order valence-corrected chi connectivity index (χ3v) is 3.59. The van der Waals surface area contributed by atoms with E-state index in [-0.39, 0.29) is 0 Å². The summed E-state index contributed by atoms with van der Waals surface area (Å²) in [6.45, 7) is 9.06. The van der Waals surface area contributed by atoms with Crippen LogP contribution in [-0.2, 0) is 6.61 Å². The third kappa shape index (κ3) is 3.32. The van der Waals surface area contributed by atoms with Gasteiger partial charge in [-0.2, -0.15) is 0 Å². The highest BCUT2D eigenvalue weighted by Crippen LogP contribution is 2.27. The predicted molar refractivity (Wildman–Crippen MR) is 85.2 cm³/mol. The summed E-state index contributed by atoms with van der Waals surface area (Å²) in [4.78, 5) is 0. The Morgan fingerprint density at radius 1 is 1.05 bits per heavy atom. The summed E-state index contributed by atoms with van der Waals surface area (Å²) in [5, 5.41) is 0. The number of aryl methyl sites for hydroxylation is 2. The van der Waals surface area contributed by atoms with E-state index in [1.54, 1.807) is 0 Å². The normalized spacial score (nSPS) is 10.8. The highest BCUT2D eigenvalue weighted by molar-refractivity contribution is 5.54. The minimum Gasteiger partial charge on any atom is -0.487 e. The van der Waals surface area contributed by atoms with Crippen molar-refractivity contribution in [1.29, 1.82) is 0 Å². The van der Waals surface area contributed by atoms with Crippen molar-refractivity contribution in [2.45, 2.75) is 40.2 Å². The summed E-state index contributed by atoms with van der Waals surface area (Å²) < 4.78 is 5.87. The van der Waals surface area contributed by atoms with E-state index in [4.69, 9.17) is 10.5 Å². The minimum atomic E-state index is 0.477. The first kappa shape index (κ1) is 14.4. The maximum atomic E-state index is 6.07. The molecule has 2 aromatic carbocycles. The molecule has 0 heterocycles. The van der Waals surface area contributed by atoms with Gasteiger partial charge >= 0.3 is 0 Å². The van der Waals surface area contributed by atoms with Gasteiger partial charge < -0.3 is 10.5 Å². The molecule has 106 valence electrons. The fraction of sp³-hybridized carbons (Fsp3) is 0.333. The van der Waals surface area contributed by atoms with Gasteiger partial charge in [-0.25, -0.2) is 0 Å². The number of benzene rings is 2. The Kier molecular flexibility index (Phi) is 4.33. The van der Waals surface area contributed by atoms with E-state index in [0.717, 1.165) is 5.75 Å². The molecule has 0 bridgehead atoms. The van der Waals surface area contributed by atoms with Crippen LogP contribution in [0.2, 0.25) is 0 Å². The van der Waals surface area contributed by atoms with Crippen molar-refractivity contribution in [2.24, 2.45) is 0 Å². The number of ether oxygens (including phenoxy) is 1. The van der Waals surface area contributed by atoms with Crippen molar-refractivity contribution in [3.63, 3.8) is 0 Å². The van der Waals surface area contributed by atoms with Crippen LogP contribution in [0.3, 0.4) is 0 Å². The van der Waals surface area contributed by atoms with E-state index in [1.165, 1.54) is 22.3 Å². The molecule has 0 unspecified atom stereocenters. The van der Waals surface area contributed by atoms with Gasteiger partial charge in [0.15, 0.2) is 0 Å². The zero-order valence-electron chi connectivity index (χ0n) is 12.7. The molecule has 0 aliphatic heterocycles. The van der Waals surface area contributed by atoms with Crippen molar-refractivity contribution in [1.82, 2.24) is 0 Å². The van der Waals surface area contributed by atoms with Crippen LogP contribution in [0.4, 0.5) is 5.69 Å². The van der Waals surface area contributed by atoms with E-state index in [9.17, 15) is 0 Å². The molecular weight excluding hydrogens is 246 g/mol. The molecule has 0 fully saturated rings. The van der Waals surface area contributed by atoms with E-state index in [2.05, 4.69) is 52.0 Å². The molecule has 2 heteroatoms. The minimum absolute atomic E-state index is 0.477. The first-order chi connectivity index (χ1) is 9.47. The average molecular weight is 269 g/mol. The Bertz CT molecular complexity index is 602. The van der Waals surface area contributed by atoms with Crippen LogP contribution in [0.15, 0.2) is 36.4 Å². The summed E-state index contributed by atoms with van der Waals surface area (Å²) in [7, 11) is 0. The van der Waals surface area contributed by atoms with Crippen LogP contribution in [-0.4, -0.2) is 0 Å². The topological polar surface area (TPSA) is 35.2 Å². The number of anilines is 1. The van der Waals surface area contributed by atoms with Crippen molar-refractivity contribution in [3.05, 3.63) is 58.7 Å². The maximum absolute atomic E-state index is 6.07. The van der Waals surface area contributed by atoms with Crippen LogP contribution in [0, 0.1) is 13.8 Å². The Morgan fingerprint density at radius 3 is 2.45 bits per heavy atom. The monoisotopic (exact) mass is 269 g/mol. The molecule has 0 amide bonds. The highest BCUT2D eigenvalue weighted by atomic mass is 16.5. The summed E-state index contributed by atoms with van der Waals surface area (Å²) in [5.41, 5.74) is 11.7. The SMILES string of the molecule is Cc1ccc(C)c(COc2ccc(C(C)C)cc2N)c1. The number of rotatable bonds is 4. The van der Waals surface area contributed by atoms with E-state index in [1.807, 2.05) is 12.1 Å². The number of hydrogen-bond donors (Lipinski definition) is 1. The van der Waals surface area contributed by atoms with Crippen LogP contribution >= 0.6 is 0 Å². The van der Waals surface area contributed by atoms with Gasteiger partial charge in [-0.05, 0) is 48.6 Å². The number of hydrogen-bond acceptors (Lipinski definition) is 2. The molecule has 2 aromatic rings. The second-order valence-electron chi connectivity index (χ2n) is 5.67. The first-order valence-corrected chi connectivity index (χ1v) is 7.05. The predicted octanol–water partition coefficient (Wildman–Crippen LogP) is 4.59. The second-order valence-corrected chi connectivity index (χ2v) is 5.67. The zero-order valence-corrected chi connectivity index (χ0v) is 12.7. The van der Waals surface area contributed by atoms with Gasteiger partial charge in [-0.1, -0.05) is 43.7 Å². The van der Waals surface area contributed by atoms with E-state index < -0.39 is 0 Å². The molecule has 0 aromatic heterocycles. The Balaban J connectivity index is 2.13. The number of nitrogen functional groups attached to an aromatic ring is 1. The standard InChI is InChI=1S/C18H23NO/c1-12(2)15-7-8-18(17(19)10-15)20-11-16-9-13(3)5-6-14(16)4/h5-10,12H,11,19H2,1-4H3. The van der Waals surface area contributed by atoms with E-state index in [0.29, 0.717) is 18.2 Å². The molecule has 2 nitrogen and oxygen atoms in total. The smallest absolute Gasteiger partial charge is 0.142 e. The summed E-state index contributed by atoms with van der Waals surface area (Å²) in [6.07, 6.45) is 0. The lowest BCUT2D eigenvalue weighted by atomic mass is 10.0. The molecule has 0 radical (unpaired) electrons. The van der Waals surface area contributed by atoms with E-state index >= 15 is 0 Å².